The molecule has 0 atom stereocenters. The predicted molar refractivity (Wildman–Crippen MR) is 109 cm³/mol. The Balaban J connectivity index is 0. The maximum atomic E-state index is 11.0. The first-order valence-electron chi connectivity index (χ1n) is 9.17. The van der Waals surface area contributed by atoms with Crippen LogP contribution in [0.25, 0.3) is 0 Å². The summed E-state index contributed by atoms with van der Waals surface area (Å²) in [5.74, 6) is 0.511. The molecule has 1 aromatic rings. The molecule has 0 bridgehead atoms. The summed E-state index contributed by atoms with van der Waals surface area (Å²) in [4.78, 5) is 11.3. The second kappa shape index (κ2) is 17.5. The molecule has 0 amide bonds. The first-order valence-corrected chi connectivity index (χ1v) is 10.1. The number of nitrogens with two attached hydrogens (primary N) is 1. The Bertz CT molecular complexity index is 453. The molecule has 0 aromatic heterocycles. The van der Waals surface area contributed by atoms with Gasteiger partial charge in [0.15, 0.2) is 0 Å². The standard InChI is InChI=1S/C12H17N3O3S.3C2H6/c13-19-10-1-2-11(12(7-10)15(16)17)14-8-9-3-5-18-6-4-9;3*1-2/h1-2,7,9,14H,3-6,8,13H2;3*1-2H3. The number of nitro benzene ring substituents is 1. The molecule has 25 heavy (non-hydrogen) atoms. The number of hydrogen-bond acceptors (Lipinski definition) is 6. The Labute approximate surface area is 157 Å². The van der Waals surface area contributed by atoms with Crippen LogP contribution in [0.15, 0.2) is 23.1 Å². The van der Waals surface area contributed by atoms with Crippen molar-refractivity contribution < 1.29 is 9.66 Å². The van der Waals surface area contributed by atoms with E-state index in [1.165, 1.54) is 6.07 Å². The highest BCUT2D eigenvalue weighted by atomic mass is 32.2. The molecule has 1 aliphatic rings. The predicted octanol–water partition coefficient (Wildman–Crippen LogP) is 5.48. The van der Waals surface area contributed by atoms with Gasteiger partial charge in [0.2, 0.25) is 0 Å². The fraction of sp³-hybridized carbons (Fsp3) is 0.667. The van der Waals surface area contributed by atoms with Crippen LogP contribution in [0.1, 0.15) is 54.4 Å². The van der Waals surface area contributed by atoms with Gasteiger partial charge in [0, 0.05) is 30.7 Å². The average molecular weight is 374 g/mol. The third kappa shape index (κ3) is 10.3. The van der Waals surface area contributed by atoms with Crippen LogP contribution in [0.4, 0.5) is 11.4 Å². The van der Waals surface area contributed by atoms with Crippen molar-refractivity contribution in [2.24, 2.45) is 11.1 Å². The van der Waals surface area contributed by atoms with E-state index in [1.807, 2.05) is 41.5 Å². The highest BCUT2D eigenvalue weighted by Gasteiger charge is 2.17. The Kier molecular flexibility index (Phi) is 18.2. The number of benzene rings is 1. The van der Waals surface area contributed by atoms with Crippen LogP contribution in [-0.4, -0.2) is 24.7 Å². The van der Waals surface area contributed by atoms with E-state index in [1.54, 1.807) is 12.1 Å². The van der Waals surface area contributed by atoms with Crippen molar-refractivity contribution in [2.45, 2.75) is 59.3 Å². The van der Waals surface area contributed by atoms with E-state index in [0.717, 1.165) is 44.5 Å². The first-order chi connectivity index (χ1) is 12.2. The van der Waals surface area contributed by atoms with E-state index in [0.29, 0.717) is 16.5 Å². The van der Waals surface area contributed by atoms with E-state index in [9.17, 15) is 10.1 Å². The molecule has 146 valence electrons. The highest BCUT2D eigenvalue weighted by Crippen LogP contribution is 2.29. The molecule has 1 aromatic carbocycles. The van der Waals surface area contributed by atoms with Crippen LogP contribution >= 0.6 is 11.9 Å². The maximum absolute atomic E-state index is 11.0. The molecular weight excluding hydrogens is 338 g/mol. The van der Waals surface area contributed by atoms with Gasteiger partial charge in [-0.15, -0.1) is 0 Å². The maximum Gasteiger partial charge on any atom is 0.293 e. The molecule has 0 aliphatic carbocycles. The fourth-order valence-electron chi connectivity index (χ4n) is 2.09. The van der Waals surface area contributed by atoms with Crippen molar-refractivity contribution in [3.63, 3.8) is 0 Å². The van der Waals surface area contributed by atoms with Gasteiger partial charge in [-0.1, -0.05) is 41.5 Å². The van der Waals surface area contributed by atoms with E-state index >= 15 is 0 Å². The number of hydrogen-bond donors (Lipinski definition) is 2. The van der Waals surface area contributed by atoms with Crippen LogP contribution in [0.5, 0.6) is 0 Å². The number of nitrogens with zero attached hydrogens (tertiary/aromatic N) is 1. The van der Waals surface area contributed by atoms with Gasteiger partial charge in [0.25, 0.3) is 5.69 Å². The highest BCUT2D eigenvalue weighted by molar-refractivity contribution is 7.97. The second-order valence-corrected chi connectivity index (χ2v) is 5.20. The molecule has 1 fully saturated rings. The lowest BCUT2D eigenvalue weighted by Crippen LogP contribution is -2.22. The molecule has 2 rings (SSSR count). The number of anilines is 1. The summed E-state index contributed by atoms with van der Waals surface area (Å²) in [6, 6.07) is 4.99. The minimum absolute atomic E-state index is 0.0718. The molecule has 0 unspecified atom stereocenters. The van der Waals surface area contributed by atoms with Gasteiger partial charge in [0.05, 0.1) is 4.92 Å². The summed E-state index contributed by atoms with van der Waals surface area (Å²) >= 11 is 1.01. The minimum Gasteiger partial charge on any atom is -0.381 e. The molecule has 0 saturated carbocycles. The monoisotopic (exact) mass is 373 g/mol. The fourth-order valence-corrected chi connectivity index (χ4v) is 2.42. The third-order valence-corrected chi connectivity index (χ3v) is 3.75. The van der Waals surface area contributed by atoms with Gasteiger partial charge in [-0.2, -0.15) is 0 Å². The zero-order valence-electron chi connectivity index (χ0n) is 16.5. The minimum atomic E-state index is -0.383. The SMILES string of the molecule is CC.CC.CC.NSc1ccc(NCC2CCOCC2)c([N+](=O)[O-])c1. The zero-order chi connectivity index (χ0) is 19.7. The molecule has 0 spiro atoms. The Morgan fingerprint density at radius 1 is 1.20 bits per heavy atom. The lowest BCUT2D eigenvalue weighted by molar-refractivity contribution is -0.384. The Morgan fingerprint density at radius 3 is 2.24 bits per heavy atom. The lowest BCUT2D eigenvalue weighted by atomic mass is 10.0. The molecule has 7 heteroatoms. The average Bonchev–Trinajstić information content (AvgIpc) is 2.71. The van der Waals surface area contributed by atoms with Crippen molar-refractivity contribution in [3.05, 3.63) is 28.3 Å². The van der Waals surface area contributed by atoms with Crippen LogP contribution in [0, 0.1) is 16.0 Å². The van der Waals surface area contributed by atoms with Crippen molar-refractivity contribution in [3.8, 4) is 0 Å². The molecule has 1 heterocycles. The van der Waals surface area contributed by atoms with Gasteiger partial charge in [-0.25, -0.2) is 0 Å². The third-order valence-electron chi connectivity index (χ3n) is 3.22. The van der Waals surface area contributed by atoms with Gasteiger partial charge in [-0.3, -0.25) is 15.3 Å². The molecule has 1 aliphatic heterocycles. The topological polar surface area (TPSA) is 90.4 Å². The van der Waals surface area contributed by atoms with Crippen LogP contribution in [-0.2, 0) is 4.74 Å². The van der Waals surface area contributed by atoms with E-state index in [2.05, 4.69) is 5.32 Å². The summed E-state index contributed by atoms with van der Waals surface area (Å²) in [6.45, 7) is 14.3. The summed E-state index contributed by atoms with van der Waals surface area (Å²) in [5.41, 5.74) is 0.622. The first kappa shape index (κ1) is 25.9. The summed E-state index contributed by atoms with van der Waals surface area (Å²) in [5, 5.41) is 19.6. The van der Waals surface area contributed by atoms with E-state index < -0.39 is 0 Å². The quantitative estimate of drug-likeness (QED) is 0.403. The smallest absolute Gasteiger partial charge is 0.293 e. The van der Waals surface area contributed by atoms with Gasteiger partial charge >= 0.3 is 0 Å². The van der Waals surface area contributed by atoms with Crippen LogP contribution in [0.2, 0.25) is 0 Å². The summed E-state index contributed by atoms with van der Waals surface area (Å²) in [7, 11) is 0. The normalized spacial score (nSPS) is 13.1. The molecular formula is C18H35N3O3S. The van der Waals surface area contributed by atoms with Gasteiger partial charge in [0.1, 0.15) is 5.69 Å². The molecule has 6 nitrogen and oxygen atoms in total. The molecule has 1 saturated heterocycles. The van der Waals surface area contributed by atoms with E-state index in [-0.39, 0.29) is 10.6 Å². The molecule has 3 N–H and O–H groups in total. The zero-order valence-corrected chi connectivity index (χ0v) is 17.3. The van der Waals surface area contributed by atoms with Crippen LogP contribution < -0.4 is 10.5 Å². The Hall–Kier alpha value is -1.31. The van der Waals surface area contributed by atoms with Crippen molar-refractivity contribution in [1.82, 2.24) is 0 Å². The lowest BCUT2D eigenvalue weighted by Gasteiger charge is -2.22. The Morgan fingerprint density at radius 2 is 1.76 bits per heavy atom. The molecule has 0 radical (unpaired) electrons. The van der Waals surface area contributed by atoms with E-state index in [4.69, 9.17) is 9.88 Å². The van der Waals surface area contributed by atoms with Crippen molar-refractivity contribution in [1.29, 1.82) is 0 Å². The van der Waals surface area contributed by atoms with Crippen molar-refractivity contribution >= 4 is 23.3 Å². The van der Waals surface area contributed by atoms with Gasteiger partial charge in [-0.05, 0) is 42.8 Å². The summed E-state index contributed by atoms with van der Waals surface area (Å²) < 4.78 is 5.29. The number of ether oxygens (including phenoxy) is 1. The largest absolute Gasteiger partial charge is 0.381 e. The number of rotatable bonds is 5. The number of nitro groups is 1. The second-order valence-electron chi connectivity index (χ2n) is 4.49. The van der Waals surface area contributed by atoms with Crippen molar-refractivity contribution in [2.75, 3.05) is 25.1 Å². The summed E-state index contributed by atoms with van der Waals surface area (Å²) in [6.07, 6.45) is 2.00. The van der Waals surface area contributed by atoms with Gasteiger partial charge < -0.3 is 10.1 Å². The van der Waals surface area contributed by atoms with Crippen LogP contribution in [0.3, 0.4) is 0 Å². The number of nitrogens with one attached hydrogen (secondary N) is 1.